The Bertz CT molecular complexity index is 1010. The Kier molecular flexibility index (Phi) is 9.48. The van der Waals surface area contributed by atoms with Crippen LogP contribution in [0.25, 0.3) is 0 Å². The molecule has 178 valence electrons. The summed E-state index contributed by atoms with van der Waals surface area (Å²) >= 11 is 6.28. The third kappa shape index (κ3) is 6.67. The molecule has 0 saturated carbocycles. The van der Waals surface area contributed by atoms with Gasteiger partial charge in [-0.25, -0.2) is 8.42 Å². The second-order valence-corrected chi connectivity index (χ2v) is 10.1. The van der Waals surface area contributed by atoms with Crippen LogP contribution < -0.4 is 25.0 Å². The topological polar surface area (TPSA) is 79.9 Å². The van der Waals surface area contributed by atoms with Gasteiger partial charge in [0.25, 0.3) is 0 Å². The van der Waals surface area contributed by atoms with Crippen molar-refractivity contribution >= 4 is 32.8 Å². The summed E-state index contributed by atoms with van der Waals surface area (Å²) in [7, 11) is 1.67. The Morgan fingerprint density at radius 2 is 1.88 bits per heavy atom. The van der Waals surface area contributed by atoms with Crippen LogP contribution in [-0.4, -0.2) is 55.6 Å². The van der Waals surface area contributed by atoms with Crippen molar-refractivity contribution in [2.75, 3.05) is 57.4 Å². The maximum atomic E-state index is 12.4. The number of benzene rings is 2. The number of anilines is 2. The molecule has 9 heteroatoms. The molecule has 32 heavy (non-hydrogen) atoms. The molecule has 2 N–H and O–H groups in total. The number of ether oxygens (including phenoxy) is 2. The first-order valence-corrected chi connectivity index (χ1v) is 12.8. The van der Waals surface area contributed by atoms with E-state index in [1.165, 1.54) is 6.26 Å². The molecule has 2 rings (SSSR count). The lowest BCUT2D eigenvalue weighted by Crippen LogP contribution is -2.24. The van der Waals surface area contributed by atoms with E-state index in [0.29, 0.717) is 22.2 Å². The Morgan fingerprint density at radius 1 is 1.16 bits per heavy atom. The number of halogens is 1. The fraction of sp³-hybridized carbons (Fsp3) is 0.478. The van der Waals surface area contributed by atoms with Gasteiger partial charge in [-0.05, 0) is 50.7 Å². The van der Waals surface area contributed by atoms with E-state index in [1.54, 1.807) is 32.4 Å². The van der Waals surface area contributed by atoms with E-state index < -0.39 is 9.84 Å². The predicted molar refractivity (Wildman–Crippen MR) is 133 cm³/mol. The first-order valence-electron chi connectivity index (χ1n) is 10.6. The summed E-state index contributed by atoms with van der Waals surface area (Å²) in [5.41, 5.74) is 2.22. The highest BCUT2D eigenvalue weighted by molar-refractivity contribution is 7.90. The average Bonchev–Trinajstić information content (AvgIpc) is 2.74. The highest BCUT2D eigenvalue weighted by Gasteiger charge is 2.21. The van der Waals surface area contributed by atoms with Crippen molar-refractivity contribution in [2.24, 2.45) is 0 Å². The van der Waals surface area contributed by atoms with E-state index in [2.05, 4.69) is 22.5 Å². The number of hydrogen-bond acceptors (Lipinski definition) is 7. The van der Waals surface area contributed by atoms with Gasteiger partial charge in [0.15, 0.2) is 21.3 Å². The van der Waals surface area contributed by atoms with Crippen LogP contribution in [0.3, 0.4) is 0 Å². The molecule has 0 fully saturated rings. The smallest absolute Gasteiger partial charge is 0.177 e. The van der Waals surface area contributed by atoms with E-state index in [-0.39, 0.29) is 10.9 Å². The Morgan fingerprint density at radius 3 is 2.47 bits per heavy atom. The molecule has 0 spiro atoms. The van der Waals surface area contributed by atoms with Gasteiger partial charge in [-0.2, -0.15) is 0 Å². The molecule has 0 aromatic heterocycles. The molecule has 0 aliphatic carbocycles. The van der Waals surface area contributed by atoms with Crippen LogP contribution in [0.1, 0.15) is 31.9 Å². The summed E-state index contributed by atoms with van der Waals surface area (Å²) in [6, 6.07) is 8.53. The van der Waals surface area contributed by atoms with E-state index >= 15 is 0 Å². The van der Waals surface area contributed by atoms with Gasteiger partial charge in [-0.1, -0.05) is 18.5 Å². The molecule has 1 unspecified atom stereocenters. The third-order valence-electron chi connectivity index (χ3n) is 5.21. The lowest BCUT2D eigenvalue weighted by molar-refractivity contribution is 0.350. The molecule has 0 amide bonds. The standard InChI is InChI=1S/C23H34ClN3O4S/c1-7-25-11-8-12-27(3)18-9-10-22(32(6,28)29)20(15-18)26-16(2)19-13-17(24)14-21(30-4)23(19)31-5/h9-10,13-16,25-26H,7-8,11-12H2,1-6H3. The van der Waals surface area contributed by atoms with Crippen LogP contribution in [0, 0.1) is 0 Å². The zero-order chi connectivity index (χ0) is 23.9. The van der Waals surface area contributed by atoms with E-state index in [1.807, 2.05) is 26.1 Å². The molecule has 2 aromatic rings. The monoisotopic (exact) mass is 483 g/mol. The van der Waals surface area contributed by atoms with Crippen molar-refractivity contribution in [1.82, 2.24) is 5.32 Å². The van der Waals surface area contributed by atoms with Crippen molar-refractivity contribution in [3.63, 3.8) is 0 Å². The normalized spacial score (nSPS) is 12.3. The number of nitrogens with one attached hydrogen (secondary N) is 2. The first-order chi connectivity index (χ1) is 15.1. The Hall–Kier alpha value is -2.16. The van der Waals surface area contributed by atoms with Crippen molar-refractivity contribution in [3.05, 3.63) is 40.9 Å². The highest BCUT2D eigenvalue weighted by atomic mass is 35.5. The number of hydrogen-bond donors (Lipinski definition) is 2. The van der Waals surface area contributed by atoms with E-state index in [9.17, 15) is 8.42 Å². The lowest BCUT2D eigenvalue weighted by Gasteiger charge is -2.24. The second-order valence-electron chi connectivity index (χ2n) is 7.68. The number of sulfone groups is 1. The van der Waals surface area contributed by atoms with E-state index in [0.717, 1.165) is 37.3 Å². The van der Waals surface area contributed by atoms with Crippen LogP contribution in [0.5, 0.6) is 11.5 Å². The minimum absolute atomic E-state index is 0.238. The fourth-order valence-electron chi connectivity index (χ4n) is 3.53. The molecule has 2 aromatic carbocycles. The van der Waals surface area contributed by atoms with Crippen molar-refractivity contribution in [3.8, 4) is 11.5 Å². The quantitative estimate of drug-likeness (QED) is 0.434. The summed E-state index contributed by atoms with van der Waals surface area (Å²) in [5, 5.41) is 7.16. The molecular weight excluding hydrogens is 450 g/mol. The van der Waals surface area contributed by atoms with Crippen molar-refractivity contribution in [2.45, 2.75) is 31.2 Å². The van der Waals surface area contributed by atoms with Gasteiger partial charge in [0.05, 0.1) is 30.8 Å². The van der Waals surface area contributed by atoms with Gasteiger partial charge in [-0.15, -0.1) is 0 Å². The minimum atomic E-state index is -3.44. The Labute approximate surface area is 197 Å². The first kappa shape index (κ1) is 26.1. The Balaban J connectivity index is 2.39. The minimum Gasteiger partial charge on any atom is -0.493 e. The summed E-state index contributed by atoms with van der Waals surface area (Å²) < 4.78 is 35.8. The largest absolute Gasteiger partial charge is 0.493 e. The zero-order valence-corrected chi connectivity index (χ0v) is 21.2. The zero-order valence-electron chi connectivity index (χ0n) is 19.7. The molecule has 7 nitrogen and oxygen atoms in total. The van der Waals surface area contributed by atoms with E-state index in [4.69, 9.17) is 21.1 Å². The van der Waals surface area contributed by atoms with Gasteiger partial charge < -0.3 is 25.0 Å². The summed E-state index contributed by atoms with van der Waals surface area (Å²) in [5.74, 6) is 1.07. The molecule has 0 heterocycles. The van der Waals surface area contributed by atoms with Gasteiger partial charge in [-0.3, -0.25) is 0 Å². The molecule has 0 aliphatic heterocycles. The second kappa shape index (κ2) is 11.6. The fourth-order valence-corrected chi connectivity index (χ4v) is 4.58. The van der Waals surface area contributed by atoms with Crippen LogP contribution in [0.4, 0.5) is 11.4 Å². The number of rotatable bonds is 12. The van der Waals surface area contributed by atoms with Crippen molar-refractivity contribution < 1.29 is 17.9 Å². The molecule has 0 bridgehead atoms. The van der Waals surface area contributed by atoms with Gasteiger partial charge in [0.2, 0.25) is 0 Å². The van der Waals surface area contributed by atoms with Crippen LogP contribution in [-0.2, 0) is 9.84 Å². The SMILES string of the molecule is CCNCCCN(C)c1ccc(S(C)(=O)=O)c(NC(C)c2cc(Cl)cc(OC)c2OC)c1. The predicted octanol–water partition coefficient (Wildman–Crippen LogP) is 4.37. The molecule has 0 aliphatic rings. The maximum absolute atomic E-state index is 12.4. The average molecular weight is 484 g/mol. The van der Waals surface area contributed by atoms with Crippen LogP contribution in [0.15, 0.2) is 35.2 Å². The molecule has 0 radical (unpaired) electrons. The lowest BCUT2D eigenvalue weighted by atomic mass is 10.1. The van der Waals surface area contributed by atoms with Gasteiger partial charge in [0.1, 0.15) is 0 Å². The number of methoxy groups -OCH3 is 2. The maximum Gasteiger partial charge on any atom is 0.177 e. The van der Waals surface area contributed by atoms with Gasteiger partial charge >= 0.3 is 0 Å². The number of nitrogens with zero attached hydrogens (tertiary/aromatic N) is 1. The molecule has 0 saturated heterocycles. The summed E-state index contributed by atoms with van der Waals surface area (Å²) in [6.45, 7) is 6.72. The summed E-state index contributed by atoms with van der Waals surface area (Å²) in [4.78, 5) is 2.35. The van der Waals surface area contributed by atoms with Gasteiger partial charge in [0, 0.05) is 42.2 Å². The third-order valence-corrected chi connectivity index (χ3v) is 6.58. The molecular formula is C23H34ClN3O4S. The molecule has 1 atom stereocenters. The van der Waals surface area contributed by atoms with Crippen LogP contribution in [0.2, 0.25) is 5.02 Å². The van der Waals surface area contributed by atoms with Crippen LogP contribution >= 0.6 is 11.6 Å². The van der Waals surface area contributed by atoms with Crippen molar-refractivity contribution in [1.29, 1.82) is 0 Å². The highest BCUT2D eigenvalue weighted by Crippen LogP contribution is 2.39. The summed E-state index contributed by atoms with van der Waals surface area (Å²) in [6.07, 6.45) is 2.19.